The number of benzene rings is 1. The molecule has 11 nitrogen and oxygen atoms in total. The molecule has 2 aromatic rings. The minimum Gasteiger partial charge on any atom is -0.477 e. The molecule has 1 saturated heterocycles. The Labute approximate surface area is 220 Å². The van der Waals surface area contributed by atoms with Gasteiger partial charge in [-0.2, -0.15) is 0 Å². The summed E-state index contributed by atoms with van der Waals surface area (Å²) >= 11 is 2.49. The molecule has 15 heteroatoms. The summed E-state index contributed by atoms with van der Waals surface area (Å²) in [5.41, 5.74) is 13.1. The number of oxime groups is 1. The lowest BCUT2D eigenvalue weighted by Crippen LogP contribution is -2.70. The van der Waals surface area contributed by atoms with Crippen molar-refractivity contribution in [2.24, 2.45) is 10.9 Å². The zero-order chi connectivity index (χ0) is 23.5. The van der Waals surface area contributed by atoms with E-state index in [0.717, 1.165) is 22.5 Å². The van der Waals surface area contributed by atoms with Crippen molar-refractivity contribution in [3.63, 3.8) is 0 Å². The van der Waals surface area contributed by atoms with E-state index in [4.69, 9.17) is 16.3 Å². The first-order chi connectivity index (χ1) is 15.9. The Morgan fingerprint density at radius 3 is 2.54 bits per heavy atom. The Morgan fingerprint density at radius 1 is 1.26 bits per heavy atom. The number of halogens is 2. The van der Waals surface area contributed by atoms with Crippen LogP contribution >= 0.6 is 47.9 Å². The number of anilines is 1. The number of β-lactam (4-membered cyclic amide) rings is 1. The molecule has 2 aliphatic rings. The number of carboxylic acids is 1. The van der Waals surface area contributed by atoms with Crippen molar-refractivity contribution in [1.29, 1.82) is 0 Å². The third kappa shape index (κ3) is 6.05. The topological polar surface area (TPSA) is 173 Å². The molecule has 3 heterocycles. The van der Waals surface area contributed by atoms with Crippen LogP contribution in [0.3, 0.4) is 0 Å². The minimum atomic E-state index is -1.19. The van der Waals surface area contributed by atoms with Gasteiger partial charge in [-0.15, -0.1) is 47.9 Å². The molecule has 0 spiro atoms. The SMILES string of the molecule is Cl.Cl.NCc1ccc(CON=C(C(=O)NC2C(=O)N3C(C(=O)O)=CCS[C@@H]23)c2csc(N)n2)cc1. The number of aliphatic carboxylic acids is 1. The van der Waals surface area contributed by atoms with Gasteiger partial charge in [0.1, 0.15) is 29.4 Å². The van der Waals surface area contributed by atoms with Crippen molar-refractivity contribution in [3.05, 3.63) is 58.2 Å². The van der Waals surface area contributed by atoms with Crippen molar-refractivity contribution in [1.82, 2.24) is 15.2 Å². The monoisotopic (exact) mass is 560 g/mol. The van der Waals surface area contributed by atoms with Crippen LogP contribution in [-0.4, -0.2) is 55.7 Å². The van der Waals surface area contributed by atoms with Gasteiger partial charge in [-0.1, -0.05) is 29.4 Å². The summed E-state index contributed by atoms with van der Waals surface area (Å²) in [4.78, 5) is 47.5. The van der Waals surface area contributed by atoms with E-state index in [2.05, 4.69) is 15.5 Å². The fraction of sp³-hybridized carbons (Fsp3) is 0.250. The molecule has 1 aromatic heterocycles. The normalized spacial score (nSPS) is 18.8. The maximum atomic E-state index is 13.0. The highest BCUT2D eigenvalue weighted by atomic mass is 35.5. The van der Waals surface area contributed by atoms with Crippen LogP contribution in [-0.2, 0) is 32.4 Å². The van der Waals surface area contributed by atoms with E-state index in [9.17, 15) is 19.5 Å². The Balaban J connectivity index is 0.00000216. The molecule has 188 valence electrons. The molecule has 1 unspecified atom stereocenters. The zero-order valence-electron chi connectivity index (χ0n) is 17.9. The van der Waals surface area contributed by atoms with E-state index in [1.807, 2.05) is 24.3 Å². The second-order valence-corrected chi connectivity index (χ2v) is 9.12. The van der Waals surface area contributed by atoms with Gasteiger partial charge in [0, 0.05) is 17.7 Å². The lowest BCUT2D eigenvalue weighted by molar-refractivity contribution is -0.150. The van der Waals surface area contributed by atoms with Gasteiger partial charge in [0.2, 0.25) is 0 Å². The van der Waals surface area contributed by atoms with E-state index in [0.29, 0.717) is 12.3 Å². The first-order valence-corrected chi connectivity index (χ1v) is 11.7. The van der Waals surface area contributed by atoms with E-state index in [1.54, 1.807) is 5.38 Å². The van der Waals surface area contributed by atoms with Gasteiger partial charge < -0.3 is 26.7 Å². The van der Waals surface area contributed by atoms with Crippen molar-refractivity contribution in [2.75, 3.05) is 11.5 Å². The van der Waals surface area contributed by atoms with Crippen LogP contribution in [0.25, 0.3) is 0 Å². The lowest BCUT2D eigenvalue weighted by Gasteiger charge is -2.48. The van der Waals surface area contributed by atoms with Gasteiger partial charge in [-0.05, 0) is 17.2 Å². The molecule has 0 radical (unpaired) electrons. The lowest BCUT2D eigenvalue weighted by atomic mass is 10.0. The molecule has 0 bridgehead atoms. The number of thiazole rings is 1. The highest BCUT2D eigenvalue weighted by molar-refractivity contribution is 8.00. The van der Waals surface area contributed by atoms with Crippen LogP contribution < -0.4 is 16.8 Å². The van der Waals surface area contributed by atoms with Crippen LogP contribution in [0.1, 0.15) is 16.8 Å². The van der Waals surface area contributed by atoms with Crippen LogP contribution in [0, 0.1) is 0 Å². The van der Waals surface area contributed by atoms with Crippen molar-refractivity contribution in [3.8, 4) is 0 Å². The largest absolute Gasteiger partial charge is 0.477 e. The van der Waals surface area contributed by atoms with Gasteiger partial charge in [0.05, 0.1) is 0 Å². The fourth-order valence-electron chi connectivity index (χ4n) is 3.29. The molecule has 0 aliphatic carbocycles. The van der Waals surface area contributed by atoms with Crippen molar-refractivity contribution < 1.29 is 24.3 Å². The van der Waals surface area contributed by atoms with Crippen molar-refractivity contribution in [2.45, 2.75) is 24.6 Å². The predicted octanol–water partition coefficient (Wildman–Crippen LogP) is 1.32. The first-order valence-electron chi connectivity index (χ1n) is 9.77. The second-order valence-electron chi connectivity index (χ2n) is 7.08. The molecule has 2 atom stereocenters. The average Bonchev–Trinajstić information content (AvgIpc) is 3.25. The second kappa shape index (κ2) is 12.2. The number of aromatic nitrogens is 1. The smallest absolute Gasteiger partial charge is 0.352 e. The summed E-state index contributed by atoms with van der Waals surface area (Å²) in [6.45, 7) is 0.526. The number of nitrogens with zero attached hydrogens (tertiary/aromatic N) is 3. The Morgan fingerprint density at radius 2 is 1.94 bits per heavy atom. The van der Waals surface area contributed by atoms with E-state index in [-0.39, 0.29) is 53.7 Å². The number of carboxylic acid groups (broad SMARTS) is 1. The summed E-state index contributed by atoms with van der Waals surface area (Å²) in [7, 11) is 0. The zero-order valence-corrected chi connectivity index (χ0v) is 21.2. The van der Waals surface area contributed by atoms with E-state index in [1.165, 1.54) is 22.7 Å². The number of rotatable bonds is 8. The van der Waals surface area contributed by atoms with Gasteiger partial charge in [0.25, 0.3) is 11.8 Å². The molecule has 0 saturated carbocycles. The van der Waals surface area contributed by atoms with Gasteiger partial charge in [0.15, 0.2) is 10.8 Å². The quantitative estimate of drug-likeness (QED) is 0.211. The fourth-order valence-corrected chi connectivity index (χ4v) is 5.03. The number of nitrogens with two attached hydrogens (primary N) is 2. The Bertz CT molecular complexity index is 1160. The molecule has 6 N–H and O–H groups in total. The average molecular weight is 561 g/mol. The first kappa shape index (κ1) is 28.4. The number of amides is 2. The van der Waals surface area contributed by atoms with Gasteiger partial charge >= 0.3 is 5.97 Å². The molecule has 2 amide bonds. The number of carbonyl (C=O) groups is 3. The molecule has 35 heavy (non-hydrogen) atoms. The molecule has 2 aliphatic heterocycles. The maximum absolute atomic E-state index is 13.0. The van der Waals surface area contributed by atoms with Gasteiger partial charge in [-0.25, -0.2) is 9.78 Å². The third-order valence-electron chi connectivity index (χ3n) is 4.98. The summed E-state index contributed by atoms with van der Waals surface area (Å²) in [5, 5.41) is 17.2. The number of nitrogen functional groups attached to an aromatic ring is 1. The number of thioether (sulfide) groups is 1. The molecular formula is C20H22Cl2N6O5S2. The van der Waals surface area contributed by atoms with Crippen LogP contribution in [0.4, 0.5) is 5.13 Å². The Kier molecular flexibility index (Phi) is 9.92. The number of hydrogen-bond acceptors (Lipinski definition) is 10. The number of nitrogens with one attached hydrogen (secondary N) is 1. The summed E-state index contributed by atoms with van der Waals surface area (Å²) in [6, 6.07) is 6.52. The Hall–Kier alpha value is -2.84. The molecule has 4 rings (SSSR count). The summed E-state index contributed by atoms with van der Waals surface area (Å²) in [5.74, 6) is -1.96. The van der Waals surface area contributed by atoms with E-state index >= 15 is 0 Å². The van der Waals surface area contributed by atoms with Crippen molar-refractivity contribution >= 4 is 76.5 Å². The van der Waals surface area contributed by atoms with E-state index < -0.39 is 29.2 Å². The summed E-state index contributed by atoms with van der Waals surface area (Å²) < 4.78 is 0. The number of fused-ring (bicyclic) bond motifs is 1. The summed E-state index contributed by atoms with van der Waals surface area (Å²) in [6.07, 6.45) is 1.47. The third-order valence-corrected chi connectivity index (χ3v) is 6.83. The van der Waals surface area contributed by atoms with Gasteiger partial charge in [-0.3, -0.25) is 14.5 Å². The van der Waals surface area contributed by atoms with Crippen LogP contribution in [0.15, 0.2) is 46.6 Å². The number of carbonyl (C=O) groups excluding carboxylic acids is 2. The minimum absolute atomic E-state index is 0. The molecule has 1 fully saturated rings. The predicted molar refractivity (Wildman–Crippen MR) is 137 cm³/mol. The van der Waals surface area contributed by atoms with Crippen LogP contribution in [0.5, 0.6) is 0 Å². The standard InChI is InChI=1S/C20H20N6O5S2.2ClH/c21-7-10-1-3-11(4-2-10)8-31-25-14(12-9-33-20(22)23-12)16(27)24-15-17(28)26-13(19(29)30)5-6-32-18(15)26;;/h1-5,9,15,18H,6-8,21H2,(H2,22,23)(H,24,27)(H,29,30);2*1H/t15?,18-;;/m0../s1. The number of hydrogen-bond donors (Lipinski definition) is 4. The van der Waals surface area contributed by atoms with Crippen LogP contribution in [0.2, 0.25) is 0 Å². The molecule has 1 aromatic carbocycles. The highest BCUT2D eigenvalue weighted by Crippen LogP contribution is 2.37. The molecular weight excluding hydrogens is 539 g/mol. The maximum Gasteiger partial charge on any atom is 0.352 e. The highest BCUT2D eigenvalue weighted by Gasteiger charge is 2.53.